The molecule has 1 aromatic heterocycles. The minimum Gasteiger partial charge on any atom is -0.257 e. The molecule has 0 saturated carbocycles. The van der Waals surface area contributed by atoms with Crippen LogP contribution in [0.1, 0.15) is 32.3 Å². The van der Waals surface area contributed by atoms with E-state index in [0.717, 1.165) is 24.3 Å². The van der Waals surface area contributed by atoms with Crippen molar-refractivity contribution < 1.29 is 0 Å². The van der Waals surface area contributed by atoms with E-state index in [1.54, 1.807) is 0 Å². The summed E-state index contributed by atoms with van der Waals surface area (Å²) < 4.78 is 2.73. The van der Waals surface area contributed by atoms with Crippen LogP contribution in [0.25, 0.3) is 33.4 Å². The third-order valence-corrected chi connectivity index (χ3v) is 7.32. The molecule has 1 heterocycles. The molecular formula is C30H27NS. The van der Waals surface area contributed by atoms with Gasteiger partial charge in [-0.3, -0.25) is 4.99 Å². The summed E-state index contributed by atoms with van der Waals surface area (Å²) >= 11 is 1.89. The van der Waals surface area contributed by atoms with Gasteiger partial charge in [-0.2, -0.15) is 0 Å². The Morgan fingerprint density at radius 2 is 1.75 bits per heavy atom. The molecule has 4 aromatic rings. The molecule has 5 rings (SSSR count). The van der Waals surface area contributed by atoms with Crippen LogP contribution in [-0.4, -0.2) is 5.71 Å². The van der Waals surface area contributed by atoms with Crippen molar-refractivity contribution in [3.63, 3.8) is 0 Å². The standard InChI is InChI=1S/C30H27NS/c1-3-25(4-2)31-30(23-14-10-13-22(19-23)21-11-6-5-7-12-21)24-17-18-27-26-15-8-9-16-28(26)32-29(27)20-24/h3,5-16,18-20,24H,4,17H2,1-2H3/b25-3-,31-30?. The van der Waals surface area contributed by atoms with Gasteiger partial charge in [0.1, 0.15) is 0 Å². The van der Waals surface area contributed by atoms with E-state index < -0.39 is 0 Å². The van der Waals surface area contributed by atoms with Crippen molar-refractivity contribution in [1.29, 1.82) is 0 Å². The van der Waals surface area contributed by atoms with Gasteiger partial charge in [-0.05, 0) is 59.2 Å². The fraction of sp³-hybridized carbons (Fsp3) is 0.167. The first-order valence-electron chi connectivity index (χ1n) is 11.4. The van der Waals surface area contributed by atoms with E-state index in [9.17, 15) is 0 Å². The lowest BCUT2D eigenvalue weighted by atomic mass is 9.89. The van der Waals surface area contributed by atoms with Crippen LogP contribution in [-0.2, 0) is 0 Å². The molecule has 1 nitrogen and oxygen atoms in total. The highest BCUT2D eigenvalue weighted by atomic mass is 32.1. The zero-order valence-electron chi connectivity index (χ0n) is 18.6. The fourth-order valence-electron chi connectivity index (χ4n) is 4.46. The van der Waals surface area contributed by atoms with Gasteiger partial charge in [0.15, 0.2) is 0 Å². The Balaban J connectivity index is 1.63. The maximum atomic E-state index is 5.20. The predicted molar refractivity (Wildman–Crippen MR) is 141 cm³/mol. The van der Waals surface area contributed by atoms with Crippen LogP contribution in [0.2, 0.25) is 0 Å². The predicted octanol–water partition coefficient (Wildman–Crippen LogP) is 6.95. The third kappa shape index (κ3) is 3.99. The Morgan fingerprint density at radius 1 is 0.969 bits per heavy atom. The summed E-state index contributed by atoms with van der Waals surface area (Å²) in [6.07, 6.45) is 8.90. The van der Waals surface area contributed by atoms with Crippen LogP contribution in [0.5, 0.6) is 0 Å². The molecular weight excluding hydrogens is 406 g/mol. The summed E-state index contributed by atoms with van der Waals surface area (Å²) in [5.74, 6) is 0.267. The Morgan fingerprint density at radius 3 is 2.56 bits per heavy atom. The molecule has 0 aliphatic heterocycles. The molecule has 3 aromatic carbocycles. The van der Waals surface area contributed by atoms with E-state index in [4.69, 9.17) is 4.99 Å². The lowest BCUT2D eigenvalue weighted by Crippen LogP contribution is -2.28. The summed E-state index contributed by atoms with van der Waals surface area (Å²) in [6, 6.07) is 28.2. The highest BCUT2D eigenvalue weighted by molar-refractivity contribution is 7.17. The first-order valence-corrected chi connectivity index (χ1v) is 12.2. The van der Waals surface area contributed by atoms with E-state index in [-0.39, 0.29) is 5.92 Å². The fourth-order valence-corrected chi connectivity index (χ4v) is 5.66. The number of rotatable bonds is 5. The summed E-state index contributed by atoms with van der Waals surface area (Å²) in [5, 5.41) is 2.76. The maximum absolute atomic E-state index is 5.20. The monoisotopic (exact) mass is 433 g/mol. The molecule has 158 valence electrons. The molecule has 1 atom stereocenters. The molecule has 0 bridgehead atoms. The van der Waals surface area contributed by atoms with Crippen molar-refractivity contribution in [3.05, 3.63) is 106 Å². The van der Waals surface area contributed by atoms with Gasteiger partial charge in [-0.1, -0.05) is 91.9 Å². The van der Waals surface area contributed by atoms with Gasteiger partial charge in [0, 0.05) is 20.8 Å². The maximum Gasteiger partial charge on any atom is 0.0551 e. The van der Waals surface area contributed by atoms with Crippen LogP contribution >= 0.6 is 11.3 Å². The molecule has 2 heteroatoms. The van der Waals surface area contributed by atoms with Gasteiger partial charge in [0.25, 0.3) is 0 Å². The average Bonchev–Trinajstić information content (AvgIpc) is 3.23. The van der Waals surface area contributed by atoms with Crippen molar-refractivity contribution in [2.75, 3.05) is 0 Å². The van der Waals surface area contributed by atoms with Crippen molar-refractivity contribution in [3.8, 4) is 11.1 Å². The summed E-state index contributed by atoms with van der Waals surface area (Å²) in [5.41, 5.74) is 5.98. The Labute approximate surface area is 193 Å². The Bertz CT molecular complexity index is 1440. The van der Waals surface area contributed by atoms with Crippen LogP contribution in [0.3, 0.4) is 0 Å². The van der Waals surface area contributed by atoms with E-state index >= 15 is 0 Å². The Hall–Kier alpha value is -3.23. The zero-order chi connectivity index (χ0) is 21.9. The molecule has 1 aliphatic carbocycles. The molecule has 32 heavy (non-hydrogen) atoms. The number of allylic oxidation sites excluding steroid dienone is 2. The largest absolute Gasteiger partial charge is 0.257 e. The molecule has 0 saturated heterocycles. The number of fused-ring (bicyclic) bond motifs is 3. The molecule has 0 amide bonds. The SMILES string of the molecule is C/C=C(/CC)N=C(c1cccc(-c2ccccc2)c1)C1C=c2sc3ccccc3c2=CC1. The topological polar surface area (TPSA) is 12.4 Å². The summed E-state index contributed by atoms with van der Waals surface area (Å²) in [4.78, 5) is 5.20. The lowest BCUT2D eigenvalue weighted by molar-refractivity contribution is 0.934. The van der Waals surface area contributed by atoms with Gasteiger partial charge in [-0.25, -0.2) is 0 Å². The van der Waals surface area contributed by atoms with Crippen molar-refractivity contribution >= 4 is 39.3 Å². The number of thiophene rings is 1. The smallest absolute Gasteiger partial charge is 0.0551 e. The quantitative estimate of drug-likeness (QED) is 0.302. The van der Waals surface area contributed by atoms with Gasteiger partial charge < -0.3 is 0 Å². The van der Waals surface area contributed by atoms with Gasteiger partial charge in [0.05, 0.1) is 5.71 Å². The van der Waals surface area contributed by atoms with Crippen LogP contribution in [0.15, 0.2) is 95.6 Å². The van der Waals surface area contributed by atoms with E-state index in [1.807, 2.05) is 11.3 Å². The molecule has 0 fully saturated rings. The molecule has 0 N–H and O–H groups in total. The highest BCUT2D eigenvalue weighted by Crippen LogP contribution is 2.26. The number of nitrogens with zero attached hydrogens (tertiary/aromatic N) is 1. The number of aliphatic imine (C=N–C) groups is 1. The highest BCUT2D eigenvalue weighted by Gasteiger charge is 2.19. The molecule has 1 aliphatic rings. The van der Waals surface area contributed by atoms with E-state index in [2.05, 4.69) is 111 Å². The first-order chi connectivity index (χ1) is 15.8. The second-order valence-electron chi connectivity index (χ2n) is 8.17. The molecule has 1 unspecified atom stereocenters. The van der Waals surface area contributed by atoms with Gasteiger partial charge >= 0.3 is 0 Å². The average molecular weight is 434 g/mol. The summed E-state index contributed by atoms with van der Waals surface area (Å²) in [7, 11) is 0. The van der Waals surface area contributed by atoms with Crippen LogP contribution in [0, 0.1) is 5.92 Å². The zero-order valence-corrected chi connectivity index (χ0v) is 19.4. The number of hydrogen-bond acceptors (Lipinski definition) is 2. The van der Waals surface area contributed by atoms with Gasteiger partial charge in [0.2, 0.25) is 0 Å². The van der Waals surface area contributed by atoms with Gasteiger partial charge in [-0.15, -0.1) is 11.3 Å². The van der Waals surface area contributed by atoms with Crippen LogP contribution < -0.4 is 9.75 Å². The normalized spacial score (nSPS) is 16.4. The van der Waals surface area contributed by atoms with Crippen molar-refractivity contribution in [1.82, 2.24) is 0 Å². The molecule has 0 spiro atoms. The number of hydrogen-bond donors (Lipinski definition) is 0. The van der Waals surface area contributed by atoms with Crippen molar-refractivity contribution in [2.24, 2.45) is 10.9 Å². The summed E-state index contributed by atoms with van der Waals surface area (Å²) in [6.45, 7) is 4.26. The minimum absolute atomic E-state index is 0.267. The Kier molecular flexibility index (Phi) is 5.87. The van der Waals surface area contributed by atoms with Crippen LogP contribution in [0.4, 0.5) is 0 Å². The number of benzene rings is 3. The van der Waals surface area contributed by atoms with Crippen molar-refractivity contribution in [2.45, 2.75) is 26.7 Å². The molecule has 0 radical (unpaired) electrons. The second kappa shape index (κ2) is 9.10. The second-order valence-corrected chi connectivity index (χ2v) is 9.25. The van der Waals surface area contributed by atoms with E-state index in [0.29, 0.717) is 0 Å². The first kappa shape index (κ1) is 20.7. The minimum atomic E-state index is 0.267. The third-order valence-electron chi connectivity index (χ3n) is 6.17. The van der Waals surface area contributed by atoms with E-state index in [1.165, 1.54) is 36.5 Å². The lowest BCUT2D eigenvalue weighted by Gasteiger charge is -2.18.